The average Bonchev–Trinajstić information content (AvgIpc) is 3.07. The van der Waals surface area contributed by atoms with Crippen LogP contribution in [-0.2, 0) is 9.53 Å². The van der Waals surface area contributed by atoms with Crippen molar-refractivity contribution < 1.29 is 19.2 Å². The van der Waals surface area contributed by atoms with Gasteiger partial charge in [0.1, 0.15) is 6.04 Å². The van der Waals surface area contributed by atoms with Crippen molar-refractivity contribution in [3.8, 4) is 0 Å². The molecular weight excluding hydrogens is 284 g/mol. The third kappa shape index (κ3) is 2.79. The van der Waals surface area contributed by atoms with Gasteiger partial charge in [-0.2, -0.15) is 0 Å². The van der Waals surface area contributed by atoms with Crippen LogP contribution in [0, 0.1) is 10.1 Å². The van der Waals surface area contributed by atoms with E-state index in [1.165, 1.54) is 16.3 Å². The Balaban J connectivity index is 2.14. The fourth-order valence-corrected chi connectivity index (χ4v) is 2.89. The molecule has 0 spiro atoms. The van der Waals surface area contributed by atoms with Gasteiger partial charge in [-0.25, -0.2) is 4.79 Å². The fraction of sp³-hybridized carbons (Fsp3) is 0.500. The highest BCUT2D eigenvalue weighted by molar-refractivity contribution is 7.13. The summed E-state index contributed by atoms with van der Waals surface area (Å²) in [6, 6.07) is 0.662. The van der Waals surface area contributed by atoms with Crippen LogP contribution in [0.2, 0.25) is 0 Å². The van der Waals surface area contributed by atoms with E-state index in [0.717, 1.165) is 17.8 Å². The highest BCUT2D eigenvalue weighted by Gasteiger charge is 2.36. The molecule has 0 aromatic carbocycles. The van der Waals surface area contributed by atoms with Gasteiger partial charge in [0, 0.05) is 18.0 Å². The lowest BCUT2D eigenvalue weighted by Gasteiger charge is -2.22. The molecule has 0 N–H and O–H groups in total. The summed E-state index contributed by atoms with van der Waals surface area (Å²) in [6.07, 6.45) is 1.29. The van der Waals surface area contributed by atoms with Crippen LogP contribution in [0.4, 0.5) is 5.00 Å². The van der Waals surface area contributed by atoms with Crippen molar-refractivity contribution in [1.82, 2.24) is 4.90 Å². The molecule has 0 bridgehead atoms. The van der Waals surface area contributed by atoms with Crippen LogP contribution in [0.3, 0.4) is 0 Å². The molecule has 1 unspecified atom stereocenters. The molecular formula is C12H14N2O5S. The zero-order chi connectivity index (χ0) is 14.7. The second kappa shape index (κ2) is 6.00. The third-order valence-corrected chi connectivity index (χ3v) is 3.97. The number of hydrogen-bond acceptors (Lipinski definition) is 6. The summed E-state index contributed by atoms with van der Waals surface area (Å²) in [5.41, 5.74) is 0.248. The molecule has 2 rings (SSSR count). The number of hydrogen-bond donors (Lipinski definition) is 0. The number of rotatable bonds is 4. The zero-order valence-corrected chi connectivity index (χ0v) is 11.7. The summed E-state index contributed by atoms with van der Waals surface area (Å²) in [6.45, 7) is 2.44. The second-order valence-corrected chi connectivity index (χ2v) is 5.23. The molecule has 0 saturated carbocycles. The lowest BCUT2D eigenvalue weighted by Crippen LogP contribution is -2.41. The van der Waals surface area contributed by atoms with E-state index >= 15 is 0 Å². The molecule has 108 valence electrons. The summed E-state index contributed by atoms with van der Waals surface area (Å²) in [5, 5.41) is 12.0. The van der Waals surface area contributed by atoms with Crippen molar-refractivity contribution in [1.29, 1.82) is 0 Å². The number of nitrogens with zero attached hydrogens (tertiary/aromatic N) is 2. The molecule has 1 atom stereocenters. The monoisotopic (exact) mass is 298 g/mol. The summed E-state index contributed by atoms with van der Waals surface area (Å²) < 4.78 is 4.95. The largest absolute Gasteiger partial charge is 0.464 e. The molecule has 1 aliphatic heterocycles. The number of nitro groups is 1. The zero-order valence-electron chi connectivity index (χ0n) is 10.9. The normalized spacial score (nSPS) is 18.1. The van der Waals surface area contributed by atoms with Gasteiger partial charge < -0.3 is 9.64 Å². The van der Waals surface area contributed by atoms with Crippen LogP contribution < -0.4 is 0 Å². The molecule has 0 radical (unpaired) electrons. The number of thiophene rings is 1. The molecule has 20 heavy (non-hydrogen) atoms. The predicted molar refractivity (Wildman–Crippen MR) is 71.7 cm³/mol. The van der Waals surface area contributed by atoms with E-state index < -0.39 is 16.9 Å². The smallest absolute Gasteiger partial charge is 0.328 e. The van der Waals surface area contributed by atoms with E-state index in [9.17, 15) is 19.7 Å². The van der Waals surface area contributed by atoms with Gasteiger partial charge in [0.2, 0.25) is 0 Å². The molecule has 2 heterocycles. The Morgan fingerprint density at radius 1 is 1.60 bits per heavy atom. The Hall–Kier alpha value is -1.96. The van der Waals surface area contributed by atoms with Gasteiger partial charge in [0.05, 0.1) is 17.1 Å². The minimum absolute atomic E-state index is 0.0831. The van der Waals surface area contributed by atoms with E-state index in [2.05, 4.69) is 0 Å². The first-order valence-electron chi connectivity index (χ1n) is 6.25. The molecule has 7 nitrogen and oxygen atoms in total. The lowest BCUT2D eigenvalue weighted by atomic mass is 10.2. The number of carbonyl (C=O) groups excluding carboxylic acids is 2. The Kier molecular flexibility index (Phi) is 4.33. The van der Waals surface area contributed by atoms with Crippen molar-refractivity contribution in [3.63, 3.8) is 0 Å². The topological polar surface area (TPSA) is 89.8 Å². The predicted octanol–water partition coefficient (Wildman–Crippen LogP) is 1.82. The SMILES string of the molecule is CCOC(=O)C1CCCN1C(=O)c1csc([N+](=O)[O-])c1. The minimum atomic E-state index is -0.582. The molecule has 8 heteroatoms. The minimum Gasteiger partial charge on any atom is -0.464 e. The summed E-state index contributed by atoms with van der Waals surface area (Å²) >= 11 is 0.902. The first-order chi connectivity index (χ1) is 9.54. The van der Waals surface area contributed by atoms with Gasteiger partial charge in [-0.05, 0) is 19.8 Å². The van der Waals surface area contributed by atoms with E-state index in [1.54, 1.807) is 6.92 Å². The third-order valence-electron chi connectivity index (χ3n) is 3.08. The standard InChI is InChI=1S/C12H14N2O5S/c1-2-19-12(16)9-4-3-5-13(9)11(15)8-6-10(14(17)18)20-7-8/h6-7,9H,2-5H2,1H3. The lowest BCUT2D eigenvalue weighted by molar-refractivity contribution is -0.380. The van der Waals surface area contributed by atoms with E-state index in [1.807, 2.05) is 0 Å². The Morgan fingerprint density at radius 2 is 2.35 bits per heavy atom. The number of esters is 1. The van der Waals surface area contributed by atoms with Crippen molar-refractivity contribution in [2.24, 2.45) is 0 Å². The molecule has 1 aromatic heterocycles. The summed E-state index contributed by atoms with van der Waals surface area (Å²) in [7, 11) is 0. The Labute approximate surface area is 119 Å². The van der Waals surface area contributed by atoms with Gasteiger partial charge in [-0.15, -0.1) is 0 Å². The highest BCUT2D eigenvalue weighted by atomic mass is 32.1. The van der Waals surface area contributed by atoms with Gasteiger partial charge >= 0.3 is 11.0 Å². The number of carbonyl (C=O) groups is 2. The quantitative estimate of drug-likeness (QED) is 0.480. The van der Waals surface area contributed by atoms with E-state index in [4.69, 9.17) is 4.74 Å². The van der Waals surface area contributed by atoms with Crippen LogP contribution in [0.25, 0.3) is 0 Å². The number of amides is 1. The Bertz CT molecular complexity index is 542. The van der Waals surface area contributed by atoms with Gasteiger partial charge in [0.25, 0.3) is 5.91 Å². The average molecular weight is 298 g/mol. The first-order valence-corrected chi connectivity index (χ1v) is 7.13. The van der Waals surface area contributed by atoms with Crippen molar-refractivity contribution >= 4 is 28.2 Å². The Morgan fingerprint density at radius 3 is 2.95 bits per heavy atom. The fourth-order valence-electron chi connectivity index (χ4n) is 2.19. The summed E-state index contributed by atoms with van der Waals surface area (Å²) in [4.78, 5) is 35.6. The molecule has 1 aliphatic rings. The molecule has 1 fully saturated rings. The molecule has 1 saturated heterocycles. The molecule has 1 aromatic rings. The van der Waals surface area contributed by atoms with Crippen molar-refractivity contribution in [3.05, 3.63) is 27.1 Å². The number of ether oxygens (including phenoxy) is 1. The van der Waals surface area contributed by atoms with Crippen molar-refractivity contribution in [2.45, 2.75) is 25.8 Å². The van der Waals surface area contributed by atoms with Crippen LogP contribution >= 0.6 is 11.3 Å². The van der Waals surface area contributed by atoms with Crippen LogP contribution in [0.15, 0.2) is 11.4 Å². The van der Waals surface area contributed by atoms with E-state index in [0.29, 0.717) is 13.0 Å². The molecule has 1 amide bonds. The maximum atomic E-state index is 12.3. The second-order valence-electron chi connectivity index (χ2n) is 4.34. The van der Waals surface area contributed by atoms with Crippen molar-refractivity contribution in [2.75, 3.05) is 13.2 Å². The van der Waals surface area contributed by atoms with Gasteiger partial charge in [-0.1, -0.05) is 11.3 Å². The van der Waals surface area contributed by atoms with Crippen LogP contribution in [-0.4, -0.2) is 40.9 Å². The van der Waals surface area contributed by atoms with Crippen LogP contribution in [0.5, 0.6) is 0 Å². The van der Waals surface area contributed by atoms with Gasteiger partial charge in [0.15, 0.2) is 0 Å². The number of likely N-dealkylation sites (tertiary alicyclic amines) is 1. The highest BCUT2D eigenvalue weighted by Crippen LogP contribution is 2.27. The van der Waals surface area contributed by atoms with Crippen LogP contribution in [0.1, 0.15) is 30.1 Å². The van der Waals surface area contributed by atoms with E-state index in [-0.39, 0.29) is 23.1 Å². The van der Waals surface area contributed by atoms with Gasteiger partial charge in [-0.3, -0.25) is 14.9 Å². The maximum Gasteiger partial charge on any atom is 0.328 e. The first kappa shape index (κ1) is 14.4. The maximum absolute atomic E-state index is 12.3. The summed E-state index contributed by atoms with van der Waals surface area (Å²) in [5.74, 6) is -0.770. The molecule has 0 aliphatic carbocycles.